The average Bonchev–Trinajstić information content (AvgIpc) is 2.65. The Morgan fingerprint density at radius 2 is 2.07 bits per heavy atom. The van der Waals surface area contributed by atoms with Crippen LogP contribution >= 0.6 is 0 Å². The Morgan fingerprint density at radius 3 is 2.64 bits per heavy atom. The van der Waals surface area contributed by atoms with Crippen molar-refractivity contribution in [2.45, 2.75) is 25.5 Å². The minimum atomic E-state index is -0.124. The van der Waals surface area contributed by atoms with E-state index in [1.165, 1.54) is 5.56 Å². The lowest BCUT2D eigenvalue weighted by molar-refractivity contribution is 0.163. The van der Waals surface area contributed by atoms with Gasteiger partial charge in [0.1, 0.15) is 0 Å². The molecule has 0 aromatic heterocycles. The second-order valence-electron chi connectivity index (χ2n) is 4.02. The molecule has 14 heavy (non-hydrogen) atoms. The third-order valence-electron chi connectivity index (χ3n) is 3.02. The Morgan fingerprint density at radius 1 is 1.36 bits per heavy atom. The van der Waals surface area contributed by atoms with Gasteiger partial charge in [0, 0.05) is 19.1 Å². The van der Waals surface area contributed by atoms with Crippen molar-refractivity contribution in [2.75, 3.05) is 13.1 Å². The molecule has 1 aliphatic heterocycles. The van der Waals surface area contributed by atoms with Gasteiger partial charge in [-0.25, -0.2) is 0 Å². The van der Waals surface area contributed by atoms with Gasteiger partial charge in [-0.15, -0.1) is 0 Å². The zero-order valence-electron chi connectivity index (χ0n) is 8.56. The predicted octanol–water partition coefficient (Wildman–Crippen LogP) is 1.81. The lowest BCUT2D eigenvalue weighted by Crippen LogP contribution is -2.25. The van der Waals surface area contributed by atoms with E-state index in [1.54, 1.807) is 0 Å². The molecule has 1 aromatic rings. The van der Waals surface area contributed by atoms with Crippen LogP contribution in [0.25, 0.3) is 0 Å². The highest BCUT2D eigenvalue weighted by Gasteiger charge is 2.24. The van der Waals surface area contributed by atoms with Crippen molar-refractivity contribution in [3.05, 3.63) is 35.9 Å². The van der Waals surface area contributed by atoms with E-state index >= 15 is 0 Å². The summed E-state index contributed by atoms with van der Waals surface area (Å²) in [5, 5.41) is 9.45. The molecule has 2 atom stereocenters. The van der Waals surface area contributed by atoms with E-state index < -0.39 is 0 Å². The summed E-state index contributed by atoms with van der Waals surface area (Å²) in [7, 11) is 0. The average molecular weight is 191 g/mol. The molecule has 0 spiro atoms. The van der Waals surface area contributed by atoms with Gasteiger partial charge in [0.2, 0.25) is 0 Å². The maximum atomic E-state index is 9.45. The van der Waals surface area contributed by atoms with Crippen LogP contribution in [0.4, 0.5) is 0 Å². The molecule has 1 N–H and O–H groups in total. The lowest BCUT2D eigenvalue weighted by atomic mass is 10.1. The van der Waals surface area contributed by atoms with Gasteiger partial charge in [-0.2, -0.15) is 0 Å². The van der Waals surface area contributed by atoms with Crippen molar-refractivity contribution >= 4 is 0 Å². The molecule has 0 amide bonds. The molecule has 2 heteroatoms. The summed E-state index contributed by atoms with van der Waals surface area (Å²) in [6.07, 6.45) is 0.790. The molecule has 2 rings (SSSR count). The van der Waals surface area contributed by atoms with Crippen LogP contribution in [0.5, 0.6) is 0 Å². The first-order valence-electron chi connectivity index (χ1n) is 5.24. The first-order chi connectivity index (χ1) is 6.77. The zero-order chi connectivity index (χ0) is 9.97. The maximum Gasteiger partial charge on any atom is 0.0679 e. The Balaban J connectivity index is 2.05. The number of benzene rings is 1. The van der Waals surface area contributed by atoms with E-state index in [0.717, 1.165) is 19.5 Å². The van der Waals surface area contributed by atoms with E-state index in [9.17, 15) is 5.11 Å². The summed E-state index contributed by atoms with van der Waals surface area (Å²) < 4.78 is 0. The van der Waals surface area contributed by atoms with Crippen LogP contribution in [0.2, 0.25) is 0 Å². The molecule has 0 saturated carbocycles. The van der Waals surface area contributed by atoms with Crippen LogP contribution in [0.1, 0.15) is 24.9 Å². The Kier molecular flexibility index (Phi) is 2.85. The fourth-order valence-electron chi connectivity index (χ4n) is 2.06. The normalized spacial score (nSPS) is 25.1. The third kappa shape index (κ3) is 1.97. The fraction of sp³-hybridized carbons (Fsp3) is 0.500. The number of rotatable bonds is 2. The number of nitrogens with zero attached hydrogens (tertiary/aromatic N) is 1. The summed E-state index contributed by atoms with van der Waals surface area (Å²) in [6, 6.07) is 10.9. The van der Waals surface area contributed by atoms with E-state index in [2.05, 4.69) is 36.1 Å². The lowest BCUT2D eigenvalue weighted by Gasteiger charge is -2.24. The topological polar surface area (TPSA) is 23.5 Å². The van der Waals surface area contributed by atoms with Crippen molar-refractivity contribution in [3.63, 3.8) is 0 Å². The fourth-order valence-corrected chi connectivity index (χ4v) is 2.06. The minimum absolute atomic E-state index is 0.124. The molecule has 1 heterocycles. The van der Waals surface area contributed by atoms with Crippen molar-refractivity contribution in [1.29, 1.82) is 0 Å². The number of β-amino-alcohol motifs (C(OH)–C–C–N with tert-alkyl or cyclic N) is 1. The van der Waals surface area contributed by atoms with Crippen molar-refractivity contribution in [1.82, 2.24) is 4.90 Å². The third-order valence-corrected chi connectivity index (χ3v) is 3.02. The van der Waals surface area contributed by atoms with Gasteiger partial charge in [-0.3, -0.25) is 4.90 Å². The number of aliphatic hydroxyl groups excluding tert-OH is 1. The Bertz CT molecular complexity index is 286. The highest BCUT2D eigenvalue weighted by molar-refractivity contribution is 5.18. The molecule has 76 valence electrons. The first kappa shape index (κ1) is 9.69. The highest BCUT2D eigenvalue weighted by Crippen LogP contribution is 2.24. The largest absolute Gasteiger partial charge is 0.392 e. The minimum Gasteiger partial charge on any atom is -0.392 e. The molecular weight excluding hydrogens is 174 g/mol. The van der Waals surface area contributed by atoms with Crippen LogP contribution in [-0.4, -0.2) is 29.2 Å². The number of hydrogen-bond acceptors (Lipinski definition) is 2. The predicted molar refractivity (Wildman–Crippen MR) is 57.1 cm³/mol. The maximum absolute atomic E-state index is 9.45. The van der Waals surface area contributed by atoms with Gasteiger partial charge in [0.05, 0.1) is 6.10 Å². The first-order valence-corrected chi connectivity index (χ1v) is 5.24. The molecule has 1 fully saturated rings. The summed E-state index contributed by atoms with van der Waals surface area (Å²) in [4.78, 5) is 2.33. The number of aliphatic hydroxyl groups is 1. The summed E-state index contributed by atoms with van der Waals surface area (Å²) >= 11 is 0. The smallest absolute Gasteiger partial charge is 0.0679 e. The van der Waals surface area contributed by atoms with E-state index in [1.807, 2.05) is 6.07 Å². The molecule has 2 nitrogen and oxygen atoms in total. The molecular formula is C12H17NO. The number of likely N-dealkylation sites (tertiary alicyclic amines) is 1. The Labute approximate surface area is 85.2 Å². The van der Waals surface area contributed by atoms with Crippen molar-refractivity contribution in [2.24, 2.45) is 0 Å². The molecule has 1 aliphatic rings. The monoisotopic (exact) mass is 191 g/mol. The Hall–Kier alpha value is -0.860. The summed E-state index contributed by atoms with van der Waals surface area (Å²) in [5.41, 5.74) is 1.33. The van der Waals surface area contributed by atoms with Crippen LogP contribution < -0.4 is 0 Å². The molecule has 1 saturated heterocycles. The molecule has 0 radical (unpaired) electrons. The standard InChI is InChI=1S/C12H17NO/c1-10(11-5-3-2-4-6-11)13-8-7-12(14)9-13/h2-6,10,12,14H,7-9H2,1H3. The van der Waals surface area contributed by atoms with Gasteiger partial charge in [-0.1, -0.05) is 30.3 Å². The molecule has 0 aliphatic carbocycles. The van der Waals surface area contributed by atoms with Crippen LogP contribution in [-0.2, 0) is 0 Å². The number of hydrogen-bond donors (Lipinski definition) is 1. The van der Waals surface area contributed by atoms with E-state index in [-0.39, 0.29) is 6.10 Å². The van der Waals surface area contributed by atoms with Crippen LogP contribution in [0.3, 0.4) is 0 Å². The second-order valence-corrected chi connectivity index (χ2v) is 4.02. The summed E-state index contributed by atoms with van der Waals surface area (Å²) in [6.45, 7) is 4.03. The van der Waals surface area contributed by atoms with Gasteiger partial charge in [0.25, 0.3) is 0 Å². The van der Waals surface area contributed by atoms with Crippen LogP contribution in [0, 0.1) is 0 Å². The molecule has 2 unspecified atom stereocenters. The van der Waals surface area contributed by atoms with Crippen LogP contribution in [0.15, 0.2) is 30.3 Å². The second kappa shape index (κ2) is 4.11. The van der Waals surface area contributed by atoms with E-state index in [4.69, 9.17) is 0 Å². The van der Waals surface area contributed by atoms with E-state index in [0.29, 0.717) is 6.04 Å². The quantitative estimate of drug-likeness (QED) is 0.770. The van der Waals surface area contributed by atoms with Crippen molar-refractivity contribution in [3.8, 4) is 0 Å². The van der Waals surface area contributed by atoms with Gasteiger partial charge >= 0.3 is 0 Å². The van der Waals surface area contributed by atoms with Gasteiger partial charge < -0.3 is 5.11 Å². The zero-order valence-corrected chi connectivity index (χ0v) is 8.56. The van der Waals surface area contributed by atoms with Gasteiger partial charge in [-0.05, 0) is 18.9 Å². The summed E-state index contributed by atoms with van der Waals surface area (Å²) in [5.74, 6) is 0. The van der Waals surface area contributed by atoms with Gasteiger partial charge in [0.15, 0.2) is 0 Å². The molecule has 1 aromatic carbocycles. The molecule has 0 bridgehead atoms. The van der Waals surface area contributed by atoms with Crippen molar-refractivity contribution < 1.29 is 5.11 Å². The highest BCUT2D eigenvalue weighted by atomic mass is 16.3. The SMILES string of the molecule is CC(c1ccccc1)N1CCC(O)C1.